The van der Waals surface area contributed by atoms with E-state index in [9.17, 15) is 9.59 Å². The van der Waals surface area contributed by atoms with Crippen molar-refractivity contribution in [3.8, 4) is 11.4 Å². The quantitative estimate of drug-likeness (QED) is 0.653. The highest BCUT2D eigenvalue weighted by Crippen LogP contribution is 2.34. The molecule has 2 amide bonds. The molecule has 1 aromatic heterocycles. The number of aromatic nitrogens is 2. The summed E-state index contributed by atoms with van der Waals surface area (Å²) in [5, 5.41) is 4.65. The van der Waals surface area contributed by atoms with Crippen LogP contribution in [0.4, 0.5) is 5.69 Å². The summed E-state index contributed by atoms with van der Waals surface area (Å²) in [6.07, 6.45) is -0.537. The first-order valence-corrected chi connectivity index (χ1v) is 10.2. The van der Waals surface area contributed by atoms with Crippen molar-refractivity contribution < 1.29 is 14.3 Å². The van der Waals surface area contributed by atoms with Gasteiger partial charge in [-0.1, -0.05) is 30.3 Å². The predicted octanol–water partition coefficient (Wildman–Crippen LogP) is 2.91. The molecule has 1 atom stereocenters. The summed E-state index contributed by atoms with van der Waals surface area (Å²) in [7, 11) is 3.37. The molecular weight excluding hydrogens is 392 g/mol. The van der Waals surface area contributed by atoms with Crippen LogP contribution in [-0.2, 0) is 16.0 Å². The van der Waals surface area contributed by atoms with Gasteiger partial charge in [0.2, 0.25) is 5.91 Å². The highest BCUT2D eigenvalue weighted by atomic mass is 16.5. The summed E-state index contributed by atoms with van der Waals surface area (Å²) in [6.45, 7) is 4.07. The van der Waals surface area contributed by atoms with Crippen molar-refractivity contribution in [1.82, 2.24) is 14.7 Å². The lowest BCUT2D eigenvalue weighted by atomic mass is 10.1. The van der Waals surface area contributed by atoms with Crippen LogP contribution in [0.15, 0.2) is 54.6 Å². The average molecular weight is 418 g/mol. The molecule has 31 heavy (non-hydrogen) atoms. The maximum Gasteiger partial charge on any atom is 0.265 e. The molecule has 1 aliphatic heterocycles. The molecule has 0 saturated carbocycles. The van der Waals surface area contributed by atoms with Gasteiger partial charge in [0.05, 0.1) is 30.0 Å². The summed E-state index contributed by atoms with van der Waals surface area (Å²) in [6, 6.07) is 17.2. The molecular formula is C24H26N4O3. The first kappa shape index (κ1) is 20.7. The topological polar surface area (TPSA) is 67.7 Å². The van der Waals surface area contributed by atoms with Gasteiger partial charge < -0.3 is 14.5 Å². The van der Waals surface area contributed by atoms with E-state index in [1.807, 2.05) is 67.1 Å². The van der Waals surface area contributed by atoms with Crippen molar-refractivity contribution in [2.45, 2.75) is 26.4 Å². The molecule has 0 radical (unpaired) electrons. The number of aryl methyl sites for hydroxylation is 1. The summed E-state index contributed by atoms with van der Waals surface area (Å²) < 4.78 is 7.76. The highest BCUT2D eigenvalue weighted by Gasteiger charge is 2.35. The fourth-order valence-electron chi connectivity index (χ4n) is 3.89. The molecule has 0 bridgehead atoms. The van der Waals surface area contributed by atoms with E-state index in [4.69, 9.17) is 4.74 Å². The lowest BCUT2D eigenvalue weighted by molar-refractivity contribution is -0.136. The molecule has 160 valence electrons. The van der Waals surface area contributed by atoms with E-state index < -0.39 is 6.10 Å². The number of likely N-dealkylation sites (N-methyl/N-ethyl adjacent to an activating group) is 1. The molecule has 2 heterocycles. The lowest BCUT2D eigenvalue weighted by Gasteiger charge is -2.35. The molecule has 0 N–H and O–H groups in total. The first-order valence-electron chi connectivity index (χ1n) is 10.2. The average Bonchev–Trinajstić information content (AvgIpc) is 3.06. The molecule has 1 aliphatic rings. The minimum atomic E-state index is -0.733. The molecule has 0 spiro atoms. The number of nitrogens with zero attached hydrogens (tertiary/aromatic N) is 4. The van der Waals surface area contributed by atoms with Crippen LogP contribution in [-0.4, -0.2) is 53.2 Å². The number of carbonyl (C=O) groups is 2. The standard InChI is InChI=1S/C24H26N4O3/c1-16-19(17(2)28(25-16)18-10-6-5-7-11-18)14-23(29)27-15-22(24(30)26(3)4)31-21-13-9-8-12-20(21)27/h5-13,22H,14-15H2,1-4H3/t22-/m0/s1. The molecule has 7 nitrogen and oxygen atoms in total. The highest BCUT2D eigenvalue weighted by molar-refractivity contribution is 5.98. The smallest absolute Gasteiger partial charge is 0.265 e. The van der Waals surface area contributed by atoms with Gasteiger partial charge in [0.25, 0.3) is 5.91 Å². The van der Waals surface area contributed by atoms with Gasteiger partial charge in [-0.15, -0.1) is 0 Å². The Hall–Kier alpha value is -3.61. The minimum Gasteiger partial charge on any atom is -0.476 e. The summed E-state index contributed by atoms with van der Waals surface area (Å²) in [5.74, 6) is 0.276. The van der Waals surface area contributed by atoms with Crippen LogP contribution in [0.2, 0.25) is 0 Å². The van der Waals surface area contributed by atoms with E-state index in [-0.39, 0.29) is 24.8 Å². The molecule has 3 aromatic rings. The zero-order valence-electron chi connectivity index (χ0n) is 18.2. The van der Waals surface area contributed by atoms with Crippen molar-refractivity contribution in [3.63, 3.8) is 0 Å². The largest absolute Gasteiger partial charge is 0.476 e. The van der Waals surface area contributed by atoms with Gasteiger partial charge in [0, 0.05) is 25.4 Å². The number of anilines is 1. The maximum atomic E-state index is 13.4. The van der Waals surface area contributed by atoms with Crippen LogP contribution in [0.3, 0.4) is 0 Å². The van der Waals surface area contributed by atoms with E-state index >= 15 is 0 Å². The second-order valence-electron chi connectivity index (χ2n) is 7.88. The van der Waals surface area contributed by atoms with Gasteiger partial charge in [-0.2, -0.15) is 5.10 Å². The third-order valence-corrected chi connectivity index (χ3v) is 5.56. The van der Waals surface area contributed by atoms with Gasteiger partial charge in [-0.05, 0) is 38.1 Å². The summed E-state index contributed by atoms with van der Waals surface area (Å²) in [4.78, 5) is 29.1. The first-order chi connectivity index (χ1) is 14.9. The molecule has 0 saturated heterocycles. The Balaban J connectivity index is 1.64. The van der Waals surface area contributed by atoms with Gasteiger partial charge in [-0.3, -0.25) is 9.59 Å². The Kier molecular flexibility index (Phi) is 5.50. The monoisotopic (exact) mass is 418 g/mol. The van der Waals surface area contributed by atoms with Gasteiger partial charge in [0.15, 0.2) is 6.10 Å². The van der Waals surface area contributed by atoms with E-state index in [1.54, 1.807) is 25.1 Å². The van der Waals surface area contributed by atoms with Gasteiger partial charge in [-0.25, -0.2) is 4.68 Å². The maximum absolute atomic E-state index is 13.4. The summed E-state index contributed by atoms with van der Waals surface area (Å²) >= 11 is 0. The zero-order chi connectivity index (χ0) is 22.1. The number of fused-ring (bicyclic) bond motifs is 1. The van der Waals surface area contributed by atoms with Crippen LogP contribution >= 0.6 is 0 Å². The number of amides is 2. The second-order valence-corrected chi connectivity index (χ2v) is 7.88. The zero-order valence-corrected chi connectivity index (χ0v) is 18.2. The molecule has 0 fully saturated rings. The Bertz CT molecular complexity index is 1120. The van der Waals surface area contributed by atoms with Crippen molar-refractivity contribution >= 4 is 17.5 Å². The van der Waals surface area contributed by atoms with Crippen LogP contribution in [0.5, 0.6) is 5.75 Å². The van der Waals surface area contributed by atoms with Crippen LogP contribution < -0.4 is 9.64 Å². The summed E-state index contributed by atoms with van der Waals surface area (Å²) in [5.41, 5.74) is 4.28. The van der Waals surface area contributed by atoms with Crippen LogP contribution in [0.25, 0.3) is 5.69 Å². The number of carbonyl (C=O) groups excluding carboxylic acids is 2. The number of rotatable bonds is 4. The fourth-order valence-corrected chi connectivity index (χ4v) is 3.89. The normalized spacial score (nSPS) is 15.2. The Morgan fingerprint density at radius 2 is 1.74 bits per heavy atom. The van der Waals surface area contributed by atoms with Crippen LogP contribution in [0, 0.1) is 13.8 Å². The molecule has 0 aliphatic carbocycles. The number of hydrogen-bond acceptors (Lipinski definition) is 4. The van der Waals surface area contributed by atoms with Crippen molar-refractivity contribution in [1.29, 1.82) is 0 Å². The van der Waals surface area contributed by atoms with E-state index in [1.165, 1.54) is 4.90 Å². The SMILES string of the molecule is Cc1nn(-c2ccccc2)c(C)c1CC(=O)N1C[C@@H](C(=O)N(C)C)Oc2ccccc21. The molecule has 4 rings (SSSR count). The van der Waals surface area contributed by atoms with Gasteiger partial charge in [0.1, 0.15) is 5.75 Å². The number of hydrogen-bond donors (Lipinski definition) is 0. The van der Waals surface area contributed by atoms with Crippen molar-refractivity contribution in [2.75, 3.05) is 25.5 Å². The van der Waals surface area contributed by atoms with E-state index in [0.717, 1.165) is 22.6 Å². The second kappa shape index (κ2) is 8.26. The molecule has 0 unspecified atom stereocenters. The number of ether oxygens (including phenoxy) is 1. The Morgan fingerprint density at radius 1 is 1.06 bits per heavy atom. The van der Waals surface area contributed by atoms with Crippen molar-refractivity contribution in [3.05, 3.63) is 71.5 Å². The molecule has 7 heteroatoms. The van der Waals surface area contributed by atoms with E-state index in [0.29, 0.717) is 11.4 Å². The Labute approximate surface area is 181 Å². The number of para-hydroxylation sites is 3. The Morgan fingerprint density at radius 3 is 2.45 bits per heavy atom. The van der Waals surface area contributed by atoms with Crippen molar-refractivity contribution in [2.24, 2.45) is 0 Å². The molecule has 2 aromatic carbocycles. The van der Waals surface area contributed by atoms with Crippen LogP contribution in [0.1, 0.15) is 17.0 Å². The predicted molar refractivity (Wildman–Crippen MR) is 119 cm³/mol. The third-order valence-electron chi connectivity index (χ3n) is 5.56. The minimum absolute atomic E-state index is 0.0916. The third kappa shape index (κ3) is 3.91. The number of benzene rings is 2. The lowest BCUT2D eigenvalue weighted by Crippen LogP contribution is -2.50. The fraction of sp³-hybridized carbons (Fsp3) is 0.292. The van der Waals surface area contributed by atoms with E-state index in [2.05, 4.69) is 5.10 Å². The van der Waals surface area contributed by atoms with Gasteiger partial charge >= 0.3 is 0 Å².